The van der Waals surface area contributed by atoms with E-state index >= 15 is 0 Å². The molecule has 9 nitrogen and oxygen atoms in total. The average Bonchev–Trinajstić information content (AvgIpc) is 3.55. The maximum atomic E-state index is 12.3. The van der Waals surface area contributed by atoms with Crippen LogP contribution in [-0.2, 0) is 33.2 Å². The van der Waals surface area contributed by atoms with Gasteiger partial charge in [-0.3, -0.25) is 9.69 Å². The largest absolute Gasteiger partial charge is 0.462 e. The molecule has 1 aliphatic rings. The Hall–Kier alpha value is -0.810. The van der Waals surface area contributed by atoms with Gasteiger partial charge in [0.05, 0.1) is 6.54 Å². The molecular weight excluding hydrogens is 779 g/mol. The fourth-order valence-electron chi connectivity index (χ4n) is 8.82. The van der Waals surface area contributed by atoms with Crippen molar-refractivity contribution in [3.05, 3.63) is 0 Å². The number of aliphatic hydroxyl groups excluding tert-OH is 1. The van der Waals surface area contributed by atoms with E-state index in [9.17, 15) is 9.90 Å². The number of likely N-dealkylation sites (N-methyl/N-ethyl adjacent to an activating group) is 1. The van der Waals surface area contributed by atoms with E-state index in [1.165, 1.54) is 167 Å². The quantitative estimate of drug-likeness (QED) is 0.0473. The van der Waals surface area contributed by atoms with Crippen molar-refractivity contribution in [3.8, 4) is 0 Å². The molecule has 1 unspecified atom stereocenters. The van der Waals surface area contributed by atoms with Crippen molar-refractivity contribution in [1.29, 1.82) is 0 Å². The van der Waals surface area contributed by atoms with Crippen molar-refractivity contribution in [2.24, 2.45) is 11.8 Å². The van der Waals surface area contributed by atoms with Crippen molar-refractivity contribution < 1.29 is 38.3 Å². The summed E-state index contributed by atoms with van der Waals surface area (Å²) in [5.74, 6) is 1.37. The van der Waals surface area contributed by atoms with E-state index in [2.05, 4.69) is 27.7 Å². The van der Waals surface area contributed by atoms with Crippen molar-refractivity contribution >= 4 is 5.97 Å². The number of ether oxygens (including phenoxy) is 6. The predicted octanol–water partition coefficient (Wildman–Crippen LogP) is 13.4. The summed E-state index contributed by atoms with van der Waals surface area (Å²) in [6.07, 6.45) is 37.5. The summed E-state index contributed by atoms with van der Waals surface area (Å²) in [5, 5.41) is 10.8. The fraction of sp³-hybridized carbons (Fsp3) is 0.981. The standard InChI is InChI=1S/C53H105NO8/c1-7-11-25-33-47(34-26-12-8-2)37-43-57-39-29-21-17-15-19-23-31-41-59-51-49(46-61-50(55)45-54(5)6)62-53(56)52(51)60-42-32-24-20-16-18-22-30-40-58-44-38-48(35-27-13-9-3)36-28-14-10-4/h47-49,51-53,56H,7-46H2,1-6H3/t49-,51?,52+,53-/m1/s1. The number of aliphatic hydroxyl groups is 1. The van der Waals surface area contributed by atoms with Gasteiger partial charge in [-0.15, -0.1) is 0 Å². The second-order valence-electron chi connectivity index (χ2n) is 19.1. The SMILES string of the molecule is CCCCCC(CCCCC)CCOCCCCCCCCCOC1[C@@H](COC(=O)CN(C)C)O[C@@H](O)[C@H]1OCCCCCCCCCOCCC(CCCCC)CCCCC. The van der Waals surface area contributed by atoms with E-state index in [0.717, 1.165) is 76.8 Å². The molecule has 0 aromatic heterocycles. The van der Waals surface area contributed by atoms with Gasteiger partial charge in [0.25, 0.3) is 0 Å². The number of esters is 1. The molecule has 0 aromatic carbocycles. The molecule has 62 heavy (non-hydrogen) atoms. The van der Waals surface area contributed by atoms with Crippen LogP contribution in [0.15, 0.2) is 0 Å². The number of carbonyl (C=O) groups excluding carboxylic acids is 1. The third-order valence-corrected chi connectivity index (χ3v) is 12.8. The van der Waals surface area contributed by atoms with Crippen LogP contribution in [0.25, 0.3) is 0 Å². The predicted molar refractivity (Wildman–Crippen MR) is 259 cm³/mol. The molecule has 370 valence electrons. The van der Waals surface area contributed by atoms with E-state index in [-0.39, 0.29) is 19.1 Å². The maximum absolute atomic E-state index is 12.3. The monoisotopic (exact) mass is 884 g/mol. The van der Waals surface area contributed by atoms with Crippen LogP contribution in [0.5, 0.6) is 0 Å². The van der Waals surface area contributed by atoms with Gasteiger partial charge in [0, 0.05) is 39.6 Å². The second-order valence-corrected chi connectivity index (χ2v) is 19.1. The third-order valence-electron chi connectivity index (χ3n) is 12.8. The lowest BCUT2D eigenvalue weighted by Gasteiger charge is -2.24. The number of nitrogens with zero attached hydrogens (tertiary/aromatic N) is 1. The molecule has 1 aliphatic heterocycles. The van der Waals surface area contributed by atoms with Crippen molar-refractivity contribution in [1.82, 2.24) is 4.90 Å². The highest BCUT2D eigenvalue weighted by Crippen LogP contribution is 2.27. The van der Waals surface area contributed by atoms with Gasteiger partial charge in [0.15, 0.2) is 6.29 Å². The highest BCUT2D eigenvalue weighted by molar-refractivity contribution is 5.71. The molecule has 9 heteroatoms. The lowest BCUT2D eigenvalue weighted by Crippen LogP contribution is -2.40. The number of unbranched alkanes of at least 4 members (excludes halogenated alkanes) is 20. The zero-order chi connectivity index (χ0) is 45.1. The van der Waals surface area contributed by atoms with Gasteiger partial charge in [-0.25, -0.2) is 0 Å². The van der Waals surface area contributed by atoms with Gasteiger partial charge in [0.1, 0.15) is 24.9 Å². The van der Waals surface area contributed by atoms with Crippen LogP contribution in [0.3, 0.4) is 0 Å². The Morgan fingerprint density at radius 2 is 0.855 bits per heavy atom. The Morgan fingerprint density at radius 3 is 1.24 bits per heavy atom. The smallest absolute Gasteiger partial charge is 0.320 e. The maximum Gasteiger partial charge on any atom is 0.320 e. The van der Waals surface area contributed by atoms with Crippen LogP contribution >= 0.6 is 0 Å². The molecule has 0 spiro atoms. The number of rotatable bonds is 48. The van der Waals surface area contributed by atoms with E-state index in [1.54, 1.807) is 4.90 Å². The Bertz CT molecular complexity index is 919. The van der Waals surface area contributed by atoms with Crippen molar-refractivity contribution in [2.75, 3.05) is 66.9 Å². The third kappa shape index (κ3) is 34.5. The Kier molecular flexibility index (Phi) is 42.1. The number of hydrogen-bond donors (Lipinski definition) is 1. The summed E-state index contributed by atoms with van der Waals surface area (Å²) in [7, 11) is 3.67. The van der Waals surface area contributed by atoms with E-state index < -0.39 is 24.6 Å². The first-order valence-corrected chi connectivity index (χ1v) is 26.9. The summed E-state index contributed by atoms with van der Waals surface area (Å²) < 4.78 is 36.0. The zero-order valence-electron chi connectivity index (χ0n) is 42.0. The Labute approximate surface area is 384 Å². The van der Waals surface area contributed by atoms with Crippen LogP contribution in [0.1, 0.15) is 233 Å². The Balaban J connectivity index is 2.26. The summed E-state index contributed by atoms with van der Waals surface area (Å²) in [6.45, 7) is 14.2. The summed E-state index contributed by atoms with van der Waals surface area (Å²) in [5.41, 5.74) is 0. The van der Waals surface area contributed by atoms with Crippen LogP contribution in [-0.4, -0.2) is 107 Å². The molecule has 1 N–H and O–H groups in total. The molecular formula is C53H105NO8. The number of hydrogen-bond acceptors (Lipinski definition) is 9. The lowest BCUT2D eigenvalue weighted by molar-refractivity contribution is -0.161. The van der Waals surface area contributed by atoms with E-state index in [1.807, 2.05) is 14.1 Å². The van der Waals surface area contributed by atoms with Gasteiger partial charge >= 0.3 is 5.97 Å². The normalized spacial score (nSPS) is 18.0. The van der Waals surface area contributed by atoms with Gasteiger partial charge in [0.2, 0.25) is 0 Å². The van der Waals surface area contributed by atoms with Gasteiger partial charge < -0.3 is 33.5 Å². The van der Waals surface area contributed by atoms with Gasteiger partial charge in [-0.2, -0.15) is 0 Å². The first-order chi connectivity index (χ1) is 30.4. The second kappa shape index (κ2) is 44.0. The lowest BCUT2D eigenvalue weighted by atomic mass is 9.92. The van der Waals surface area contributed by atoms with Gasteiger partial charge in [-0.05, 0) is 64.5 Å². The molecule has 0 bridgehead atoms. The molecule has 0 radical (unpaired) electrons. The molecule has 4 atom stereocenters. The molecule has 1 saturated heterocycles. The first kappa shape index (κ1) is 59.2. The summed E-state index contributed by atoms with van der Waals surface area (Å²) >= 11 is 0. The highest BCUT2D eigenvalue weighted by Gasteiger charge is 2.46. The van der Waals surface area contributed by atoms with Crippen LogP contribution in [0, 0.1) is 11.8 Å². The first-order valence-electron chi connectivity index (χ1n) is 26.9. The van der Waals surface area contributed by atoms with Crippen LogP contribution in [0.2, 0.25) is 0 Å². The minimum absolute atomic E-state index is 0.0418. The molecule has 0 aliphatic carbocycles. The average molecular weight is 884 g/mol. The molecule has 1 rings (SSSR count). The van der Waals surface area contributed by atoms with E-state index in [4.69, 9.17) is 28.4 Å². The summed E-state index contributed by atoms with van der Waals surface area (Å²) in [6, 6.07) is 0. The molecule has 1 fully saturated rings. The zero-order valence-corrected chi connectivity index (χ0v) is 42.0. The van der Waals surface area contributed by atoms with Crippen LogP contribution < -0.4 is 0 Å². The van der Waals surface area contributed by atoms with Crippen molar-refractivity contribution in [3.63, 3.8) is 0 Å². The van der Waals surface area contributed by atoms with Crippen LogP contribution in [0.4, 0.5) is 0 Å². The summed E-state index contributed by atoms with van der Waals surface area (Å²) in [4.78, 5) is 14.1. The van der Waals surface area contributed by atoms with Gasteiger partial charge in [-0.1, -0.05) is 195 Å². The fourth-order valence-corrected chi connectivity index (χ4v) is 8.82. The Morgan fingerprint density at radius 1 is 0.484 bits per heavy atom. The molecule has 0 aromatic rings. The topological polar surface area (TPSA) is 95.9 Å². The molecule has 1 heterocycles. The molecule has 0 saturated carbocycles. The highest BCUT2D eigenvalue weighted by atomic mass is 16.7. The minimum atomic E-state index is -1.10. The minimum Gasteiger partial charge on any atom is -0.462 e. The van der Waals surface area contributed by atoms with Crippen molar-refractivity contribution in [2.45, 2.75) is 258 Å². The molecule has 0 amide bonds. The van der Waals surface area contributed by atoms with E-state index in [0.29, 0.717) is 13.2 Å². The number of carbonyl (C=O) groups is 1.